The fraction of sp³-hybridized carbons (Fsp3) is 0.125. The van der Waals surface area contributed by atoms with Gasteiger partial charge in [0.1, 0.15) is 28.9 Å². The van der Waals surface area contributed by atoms with E-state index < -0.39 is 0 Å². The number of aromatic nitrogens is 4. The van der Waals surface area contributed by atoms with Crippen molar-refractivity contribution in [2.24, 2.45) is 7.05 Å². The lowest BCUT2D eigenvalue weighted by Gasteiger charge is -2.13. The fourth-order valence-electron chi connectivity index (χ4n) is 3.17. The highest BCUT2D eigenvalue weighted by molar-refractivity contribution is 5.78. The molecule has 0 saturated heterocycles. The Hall–Kier alpha value is -4.51. The molecule has 0 aliphatic carbocycles. The van der Waals surface area contributed by atoms with Crippen LogP contribution in [-0.4, -0.2) is 26.9 Å². The van der Waals surface area contributed by atoms with Crippen LogP contribution in [0.25, 0.3) is 22.6 Å². The molecular weight excluding hydrogens is 404 g/mol. The molecule has 0 unspecified atom stereocenters. The third-order valence-electron chi connectivity index (χ3n) is 4.87. The van der Waals surface area contributed by atoms with E-state index in [0.717, 1.165) is 16.9 Å². The van der Waals surface area contributed by atoms with Crippen LogP contribution >= 0.6 is 0 Å². The van der Waals surface area contributed by atoms with Gasteiger partial charge in [-0.15, -0.1) is 0 Å². The molecule has 2 aromatic heterocycles. The molecule has 158 valence electrons. The number of hydrogen-bond donors (Lipinski definition) is 1. The summed E-state index contributed by atoms with van der Waals surface area (Å²) < 4.78 is 6.42. The van der Waals surface area contributed by atoms with Gasteiger partial charge in [-0.2, -0.15) is 10.4 Å². The van der Waals surface area contributed by atoms with Gasteiger partial charge in [0, 0.05) is 25.2 Å². The standard InChI is InChI=1S/C24H20N6O2/c1-30-21(31)13-12-19(29-30)23-22(17-6-4-3-5-7-17)28-24(20(14-25)27-23)26-15-16-8-10-18(32-2)11-9-16/h3-13H,15H2,1-2H3,(H,26,28). The summed E-state index contributed by atoms with van der Waals surface area (Å²) in [5.74, 6) is 1.14. The smallest absolute Gasteiger partial charge is 0.266 e. The Kier molecular flexibility index (Phi) is 5.90. The van der Waals surface area contributed by atoms with Crippen LogP contribution in [-0.2, 0) is 13.6 Å². The SMILES string of the molecule is COc1ccc(CNc2nc(-c3ccccc3)c(-c3ccc(=O)n(C)n3)nc2C#N)cc1. The van der Waals surface area contributed by atoms with Gasteiger partial charge in [0.25, 0.3) is 5.56 Å². The van der Waals surface area contributed by atoms with Crippen LogP contribution in [0.4, 0.5) is 5.82 Å². The lowest BCUT2D eigenvalue weighted by Crippen LogP contribution is -2.18. The van der Waals surface area contributed by atoms with Crippen molar-refractivity contribution >= 4 is 5.82 Å². The Bertz CT molecular complexity index is 1340. The van der Waals surface area contributed by atoms with Crippen LogP contribution in [0.1, 0.15) is 11.3 Å². The van der Waals surface area contributed by atoms with E-state index in [1.165, 1.54) is 10.7 Å². The fourth-order valence-corrected chi connectivity index (χ4v) is 3.17. The molecule has 0 aliphatic heterocycles. The van der Waals surface area contributed by atoms with E-state index in [-0.39, 0.29) is 11.3 Å². The van der Waals surface area contributed by atoms with Crippen molar-refractivity contribution in [2.75, 3.05) is 12.4 Å². The van der Waals surface area contributed by atoms with E-state index in [1.54, 1.807) is 20.2 Å². The van der Waals surface area contributed by atoms with Crippen LogP contribution in [0, 0.1) is 11.3 Å². The van der Waals surface area contributed by atoms with Gasteiger partial charge in [0.2, 0.25) is 0 Å². The number of methoxy groups -OCH3 is 1. The average Bonchev–Trinajstić information content (AvgIpc) is 2.84. The molecule has 1 N–H and O–H groups in total. The van der Waals surface area contributed by atoms with Crippen molar-refractivity contribution in [3.05, 3.63) is 88.3 Å². The molecule has 2 aromatic carbocycles. The van der Waals surface area contributed by atoms with Gasteiger partial charge < -0.3 is 10.1 Å². The molecule has 0 amide bonds. The van der Waals surface area contributed by atoms with Crippen LogP contribution in [0.3, 0.4) is 0 Å². The van der Waals surface area contributed by atoms with E-state index >= 15 is 0 Å². The molecular formula is C24H20N6O2. The van der Waals surface area contributed by atoms with Crippen molar-refractivity contribution in [3.8, 4) is 34.5 Å². The quantitative estimate of drug-likeness (QED) is 0.506. The Morgan fingerprint density at radius 2 is 1.75 bits per heavy atom. The second-order valence-electron chi connectivity index (χ2n) is 6.98. The zero-order chi connectivity index (χ0) is 22.5. The highest BCUT2D eigenvalue weighted by Crippen LogP contribution is 2.30. The number of anilines is 1. The number of rotatable bonds is 6. The molecule has 0 atom stereocenters. The molecule has 0 spiro atoms. The molecule has 8 heteroatoms. The third-order valence-corrected chi connectivity index (χ3v) is 4.87. The van der Waals surface area contributed by atoms with E-state index in [1.807, 2.05) is 54.6 Å². The van der Waals surface area contributed by atoms with Crippen LogP contribution in [0.15, 0.2) is 71.5 Å². The largest absolute Gasteiger partial charge is 0.497 e. The monoisotopic (exact) mass is 424 g/mol. The topological polar surface area (TPSA) is 106 Å². The molecule has 0 fully saturated rings. The molecule has 4 aromatic rings. The van der Waals surface area contributed by atoms with E-state index in [2.05, 4.69) is 21.5 Å². The summed E-state index contributed by atoms with van der Waals surface area (Å²) in [4.78, 5) is 21.1. The van der Waals surface area contributed by atoms with Gasteiger partial charge >= 0.3 is 0 Å². The van der Waals surface area contributed by atoms with Crippen LogP contribution in [0.2, 0.25) is 0 Å². The summed E-state index contributed by atoms with van der Waals surface area (Å²) in [7, 11) is 3.19. The number of aryl methyl sites for hydroxylation is 1. The van der Waals surface area contributed by atoms with Gasteiger partial charge in [0.05, 0.1) is 7.11 Å². The summed E-state index contributed by atoms with van der Waals surface area (Å²) in [6.45, 7) is 0.457. The Morgan fingerprint density at radius 3 is 2.41 bits per heavy atom. The van der Waals surface area contributed by atoms with Gasteiger partial charge in [-0.05, 0) is 23.8 Å². The molecule has 0 radical (unpaired) electrons. The number of ether oxygens (including phenoxy) is 1. The molecule has 4 rings (SSSR count). The number of hydrogen-bond acceptors (Lipinski definition) is 7. The summed E-state index contributed by atoms with van der Waals surface area (Å²) in [5, 5.41) is 17.2. The number of benzene rings is 2. The first-order chi connectivity index (χ1) is 15.6. The van der Waals surface area contributed by atoms with E-state index in [0.29, 0.717) is 29.4 Å². The molecule has 8 nitrogen and oxygen atoms in total. The van der Waals surface area contributed by atoms with Crippen molar-refractivity contribution in [1.29, 1.82) is 5.26 Å². The summed E-state index contributed by atoms with van der Waals surface area (Å²) in [5.41, 5.74) is 3.18. The normalized spacial score (nSPS) is 10.4. The van der Waals surface area contributed by atoms with Crippen molar-refractivity contribution < 1.29 is 4.74 Å². The molecule has 32 heavy (non-hydrogen) atoms. The van der Waals surface area contributed by atoms with Crippen molar-refractivity contribution in [3.63, 3.8) is 0 Å². The van der Waals surface area contributed by atoms with E-state index in [4.69, 9.17) is 9.72 Å². The maximum atomic E-state index is 11.8. The average molecular weight is 424 g/mol. The zero-order valence-corrected chi connectivity index (χ0v) is 17.6. The van der Waals surface area contributed by atoms with Crippen molar-refractivity contribution in [2.45, 2.75) is 6.54 Å². The zero-order valence-electron chi connectivity index (χ0n) is 17.6. The Balaban J connectivity index is 1.78. The molecule has 0 aliphatic rings. The lowest BCUT2D eigenvalue weighted by molar-refractivity contribution is 0.414. The number of nitrogens with zero attached hydrogens (tertiary/aromatic N) is 5. The lowest BCUT2D eigenvalue weighted by atomic mass is 10.1. The first kappa shape index (κ1) is 20.8. The Morgan fingerprint density at radius 1 is 1.00 bits per heavy atom. The highest BCUT2D eigenvalue weighted by Gasteiger charge is 2.18. The predicted molar refractivity (Wildman–Crippen MR) is 121 cm³/mol. The highest BCUT2D eigenvalue weighted by atomic mass is 16.5. The maximum Gasteiger partial charge on any atom is 0.266 e. The minimum atomic E-state index is -0.235. The van der Waals surface area contributed by atoms with Gasteiger partial charge in [-0.1, -0.05) is 42.5 Å². The maximum absolute atomic E-state index is 11.8. The number of nitriles is 1. The van der Waals surface area contributed by atoms with Gasteiger partial charge in [-0.3, -0.25) is 4.79 Å². The number of nitrogens with one attached hydrogen (secondary N) is 1. The summed E-state index contributed by atoms with van der Waals surface area (Å²) in [6, 6.07) is 22.3. The predicted octanol–water partition coefficient (Wildman–Crippen LogP) is 3.40. The van der Waals surface area contributed by atoms with Gasteiger partial charge in [0.15, 0.2) is 11.5 Å². The van der Waals surface area contributed by atoms with Gasteiger partial charge in [-0.25, -0.2) is 14.6 Å². The molecule has 0 bridgehead atoms. The first-order valence-electron chi connectivity index (χ1n) is 9.88. The summed E-state index contributed by atoms with van der Waals surface area (Å²) >= 11 is 0. The third kappa shape index (κ3) is 4.32. The van der Waals surface area contributed by atoms with E-state index in [9.17, 15) is 10.1 Å². The first-order valence-corrected chi connectivity index (χ1v) is 9.88. The second kappa shape index (κ2) is 9.10. The Labute approximate surface area is 184 Å². The molecule has 0 saturated carbocycles. The van der Waals surface area contributed by atoms with Crippen molar-refractivity contribution in [1.82, 2.24) is 19.7 Å². The minimum absolute atomic E-state index is 0.142. The summed E-state index contributed by atoms with van der Waals surface area (Å²) in [6.07, 6.45) is 0. The second-order valence-corrected chi connectivity index (χ2v) is 6.98. The van der Waals surface area contributed by atoms with Crippen LogP contribution < -0.4 is 15.6 Å². The molecule has 2 heterocycles. The minimum Gasteiger partial charge on any atom is -0.497 e. The van der Waals surface area contributed by atoms with Crippen LogP contribution in [0.5, 0.6) is 5.75 Å².